The number of urea groups is 1. The highest BCUT2D eigenvalue weighted by molar-refractivity contribution is 7.89. The maximum Gasteiger partial charge on any atom is 0.416 e. The fourth-order valence-corrected chi connectivity index (χ4v) is 6.03. The molecule has 2 aromatic rings. The molecule has 2 amide bonds. The number of nitrogens with zero attached hydrogens (tertiary/aromatic N) is 2. The first kappa shape index (κ1) is 24.8. The van der Waals surface area contributed by atoms with Gasteiger partial charge in [0, 0.05) is 30.3 Å². The minimum Gasteiger partial charge on any atom is -0.379 e. The molecule has 0 radical (unpaired) electrons. The number of hydrogen-bond donors (Lipinski definition) is 1. The smallest absolute Gasteiger partial charge is 0.379 e. The van der Waals surface area contributed by atoms with Crippen LogP contribution in [0.2, 0.25) is 5.02 Å². The minimum atomic E-state index is -4.60. The van der Waals surface area contributed by atoms with Crippen LogP contribution < -0.4 is 10.2 Å². The first-order valence-electron chi connectivity index (χ1n) is 10.6. The highest BCUT2D eigenvalue weighted by Gasteiger charge is 2.49. The summed E-state index contributed by atoms with van der Waals surface area (Å²) in [5.41, 5.74) is -1.67. The summed E-state index contributed by atoms with van der Waals surface area (Å²) < 4.78 is 73.2. The third-order valence-electron chi connectivity index (χ3n) is 6.11. The Morgan fingerprint density at radius 2 is 1.76 bits per heavy atom. The monoisotopic (exact) mass is 517 g/mol. The third-order valence-corrected chi connectivity index (χ3v) is 8.24. The van der Waals surface area contributed by atoms with Crippen LogP contribution in [-0.2, 0) is 26.5 Å². The van der Waals surface area contributed by atoms with Gasteiger partial charge in [-0.3, -0.25) is 4.90 Å². The first-order valence-corrected chi connectivity index (χ1v) is 12.6. The maximum atomic E-state index is 13.5. The number of rotatable bonds is 6. The van der Waals surface area contributed by atoms with E-state index < -0.39 is 33.3 Å². The summed E-state index contributed by atoms with van der Waals surface area (Å²) in [4.78, 5) is 14.3. The number of amides is 2. The molecule has 0 aromatic heterocycles. The van der Waals surface area contributed by atoms with E-state index in [1.54, 1.807) is 24.3 Å². The molecule has 34 heavy (non-hydrogen) atoms. The lowest BCUT2D eigenvalue weighted by Gasteiger charge is -2.38. The Morgan fingerprint density at radius 3 is 2.41 bits per heavy atom. The SMILES string of the molecule is O=C1NC[C@](CCS(=O)(=O)N2CCOCC2)(c2cccc(C(F)(F)F)c2)N1c1ccc(Cl)cc1. The second kappa shape index (κ2) is 9.37. The van der Waals surface area contributed by atoms with E-state index in [4.69, 9.17) is 16.3 Å². The highest BCUT2D eigenvalue weighted by atomic mass is 35.5. The topological polar surface area (TPSA) is 79.0 Å². The van der Waals surface area contributed by atoms with Crippen LogP contribution in [0.15, 0.2) is 48.5 Å². The lowest BCUT2D eigenvalue weighted by atomic mass is 9.85. The van der Waals surface area contributed by atoms with Gasteiger partial charge in [0.25, 0.3) is 0 Å². The maximum absolute atomic E-state index is 13.5. The summed E-state index contributed by atoms with van der Waals surface area (Å²) in [7, 11) is -3.74. The molecule has 7 nitrogen and oxygen atoms in total. The van der Waals surface area contributed by atoms with Crippen molar-refractivity contribution < 1.29 is 31.1 Å². The van der Waals surface area contributed by atoms with Crippen LogP contribution in [0.3, 0.4) is 0 Å². The summed E-state index contributed by atoms with van der Waals surface area (Å²) in [6.45, 7) is 0.895. The summed E-state index contributed by atoms with van der Waals surface area (Å²) in [5.74, 6) is -0.359. The molecule has 4 rings (SSSR count). The number of carbonyl (C=O) groups is 1. The molecule has 0 bridgehead atoms. The number of alkyl halides is 3. The number of sulfonamides is 1. The fourth-order valence-electron chi connectivity index (χ4n) is 4.34. The molecule has 2 fully saturated rings. The fraction of sp³-hybridized carbons (Fsp3) is 0.409. The van der Waals surface area contributed by atoms with Gasteiger partial charge in [0.15, 0.2) is 0 Å². The number of halogens is 4. The first-order chi connectivity index (χ1) is 16.0. The molecular formula is C22H23ClF3N3O4S. The molecular weight excluding hydrogens is 495 g/mol. The van der Waals surface area contributed by atoms with Gasteiger partial charge in [-0.25, -0.2) is 13.2 Å². The molecule has 0 aliphatic carbocycles. The zero-order valence-electron chi connectivity index (χ0n) is 18.0. The number of benzene rings is 2. The molecule has 0 unspecified atom stereocenters. The summed E-state index contributed by atoms with van der Waals surface area (Å²) in [6, 6.07) is 10.4. The number of hydrogen-bond acceptors (Lipinski definition) is 4. The van der Waals surface area contributed by atoms with Gasteiger partial charge >= 0.3 is 12.2 Å². The Hall–Kier alpha value is -2.34. The van der Waals surface area contributed by atoms with Crippen molar-refractivity contribution >= 4 is 33.3 Å². The quantitative estimate of drug-likeness (QED) is 0.631. The molecule has 1 N–H and O–H groups in total. The van der Waals surface area contributed by atoms with E-state index in [0.717, 1.165) is 12.1 Å². The van der Waals surface area contributed by atoms with Crippen molar-refractivity contribution in [3.8, 4) is 0 Å². The van der Waals surface area contributed by atoms with Crippen LogP contribution in [0.1, 0.15) is 17.5 Å². The Kier molecular flexibility index (Phi) is 6.83. The number of morpholine rings is 1. The van der Waals surface area contributed by atoms with Crippen molar-refractivity contribution in [2.75, 3.05) is 43.5 Å². The van der Waals surface area contributed by atoms with E-state index in [9.17, 15) is 26.4 Å². The van der Waals surface area contributed by atoms with Crippen molar-refractivity contribution in [1.29, 1.82) is 0 Å². The van der Waals surface area contributed by atoms with Gasteiger partial charge in [-0.15, -0.1) is 0 Å². The van der Waals surface area contributed by atoms with E-state index in [-0.39, 0.29) is 50.6 Å². The Labute approximate surface area is 200 Å². The van der Waals surface area contributed by atoms with E-state index in [2.05, 4.69) is 5.32 Å². The van der Waals surface area contributed by atoms with Crippen LogP contribution in [0.5, 0.6) is 0 Å². The van der Waals surface area contributed by atoms with Gasteiger partial charge in [-0.05, 0) is 48.4 Å². The van der Waals surface area contributed by atoms with Crippen molar-refractivity contribution in [1.82, 2.24) is 9.62 Å². The molecule has 184 valence electrons. The largest absolute Gasteiger partial charge is 0.416 e. The lowest BCUT2D eigenvalue weighted by Crippen LogP contribution is -2.48. The molecule has 0 saturated carbocycles. The van der Waals surface area contributed by atoms with Crippen LogP contribution in [0, 0.1) is 0 Å². The zero-order valence-corrected chi connectivity index (χ0v) is 19.6. The Balaban J connectivity index is 1.78. The molecule has 2 aromatic carbocycles. The van der Waals surface area contributed by atoms with E-state index in [1.165, 1.54) is 21.3 Å². The minimum absolute atomic E-state index is 0.0611. The summed E-state index contributed by atoms with van der Waals surface area (Å²) >= 11 is 5.98. The second-order valence-corrected chi connectivity index (χ2v) is 10.7. The zero-order chi connectivity index (χ0) is 24.6. The predicted molar refractivity (Wildman–Crippen MR) is 121 cm³/mol. The van der Waals surface area contributed by atoms with Gasteiger partial charge in [0.1, 0.15) is 0 Å². The highest BCUT2D eigenvalue weighted by Crippen LogP contribution is 2.42. The van der Waals surface area contributed by atoms with Crippen molar-refractivity contribution in [2.24, 2.45) is 0 Å². The Morgan fingerprint density at radius 1 is 1.09 bits per heavy atom. The van der Waals surface area contributed by atoms with Gasteiger partial charge < -0.3 is 10.1 Å². The Bertz CT molecular complexity index is 1150. The van der Waals surface area contributed by atoms with E-state index in [1.807, 2.05) is 0 Å². The number of ether oxygens (including phenoxy) is 1. The van der Waals surface area contributed by atoms with Gasteiger partial charge in [0.05, 0.1) is 30.1 Å². The van der Waals surface area contributed by atoms with E-state index >= 15 is 0 Å². The summed E-state index contributed by atoms with van der Waals surface area (Å²) in [5, 5.41) is 3.11. The van der Waals surface area contributed by atoms with Crippen LogP contribution in [0.4, 0.5) is 23.7 Å². The molecule has 2 aliphatic heterocycles. The van der Waals surface area contributed by atoms with Crippen LogP contribution >= 0.6 is 11.6 Å². The molecule has 1 atom stereocenters. The predicted octanol–water partition coefficient (Wildman–Crippen LogP) is 3.84. The average molecular weight is 518 g/mol. The standard InChI is InChI=1S/C22H23ClF3N3O4S/c23-18-4-6-19(7-5-18)29-20(30)27-15-21(29,16-2-1-3-17(14-16)22(24,25)26)8-13-34(31,32)28-9-11-33-12-10-28/h1-7,14H,8-13,15H2,(H,27,30)/t21-/m1/s1. The number of carbonyl (C=O) groups excluding carboxylic acids is 1. The van der Waals surface area contributed by atoms with Gasteiger partial charge in [-0.1, -0.05) is 23.7 Å². The molecule has 0 spiro atoms. The average Bonchev–Trinajstić information content (AvgIpc) is 3.16. The van der Waals surface area contributed by atoms with Crippen molar-refractivity contribution in [3.05, 3.63) is 64.7 Å². The normalized spacial score (nSPS) is 22.1. The molecule has 12 heteroatoms. The molecule has 2 saturated heterocycles. The molecule has 2 heterocycles. The van der Waals surface area contributed by atoms with Gasteiger partial charge in [0.2, 0.25) is 10.0 Å². The molecule has 2 aliphatic rings. The third kappa shape index (κ3) is 4.88. The van der Waals surface area contributed by atoms with Crippen molar-refractivity contribution in [2.45, 2.75) is 18.1 Å². The van der Waals surface area contributed by atoms with Crippen LogP contribution in [-0.4, -0.2) is 57.4 Å². The van der Waals surface area contributed by atoms with Gasteiger partial charge in [-0.2, -0.15) is 17.5 Å². The second-order valence-electron chi connectivity index (χ2n) is 8.16. The van der Waals surface area contributed by atoms with Crippen LogP contribution in [0.25, 0.3) is 0 Å². The number of nitrogens with one attached hydrogen (secondary N) is 1. The lowest BCUT2D eigenvalue weighted by molar-refractivity contribution is -0.137. The van der Waals surface area contributed by atoms with Crippen molar-refractivity contribution in [3.63, 3.8) is 0 Å². The summed E-state index contributed by atoms with van der Waals surface area (Å²) in [6.07, 6.45) is -4.71. The van der Waals surface area contributed by atoms with E-state index in [0.29, 0.717) is 10.7 Å². The number of anilines is 1.